The third-order valence-corrected chi connectivity index (χ3v) is 4.36. The highest BCUT2D eigenvalue weighted by Crippen LogP contribution is 2.45. The van der Waals surface area contributed by atoms with Gasteiger partial charge in [0.15, 0.2) is 0 Å². The van der Waals surface area contributed by atoms with E-state index >= 15 is 0 Å². The van der Waals surface area contributed by atoms with Crippen molar-refractivity contribution in [3.05, 3.63) is 0 Å². The highest BCUT2D eigenvalue weighted by Gasteiger charge is 2.62. The summed E-state index contributed by atoms with van der Waals surface area (Å²) in [7, 11) is 1.48. The Balaban J connectivity index is 2.06. The largest absolute Gasteiger partial charge is 0.383 e. The standard InChI is InChI=1S/C13H20F2N2O3/c1-16-10(18)9-4-2-7-17(8-9)11(19)13(14,15)12(20)5-3-6-12/h9,20H,2-8H2,1H3,(H,16,18). The maximum absolute atomic E-state index is 14.1. The normalized spacial score (nSPS) is 25.8. The fourth-order valence-corrected chi connectivity index (χ4v) is 2.80. The van der Waals surface area contributed by atoms with Gasteiger partial charge in [-0.1, -0.05) is 0 Å². The third-order valence-electron chi connectivity index (χ3n) is 4.36. The Morgan fingerprint density at radius 3 is 2.50 bits per heavy atom. The lowest BCUT2D eigenvalue weighted by Gasteiger charge is -2.44. The Kier molecular flexibility index (Phi) is 4.00. The first kappa shape index (κ1) is 15.2. The molecule has 1 saturated heterocycles. The predicted molar refractivity (Wildman–Crippen MR) is 67.1 cm³/mol. The number of piperidine rings is 1. The van der Waals surface area contributed by atoms with Crippen LogP contribution >= 0.6 is 0 Å². The molecule has 2 N–H and O–H groups in total. The molecule has 7 heteroatoms. The monoisotopic (exact) mass is 290 g/mol. The number of hydrogen-bond donors (Lipinski definition) is 2. The minimum absolute atomic E-state index is 0.00975. The quantitative estimate of drug-likeness (QED) is 0.796. The predicted octanol–water partition coefficient (Wildman–Crippen LogP) is 0.521. The number of hydrogen-bond acceptors (Lipinski definition) is 3. The summed E-state index contributed by atoms with van der Waals surface area (Å²) in [6.07, 6.45) is 1.48. The van der Waals surface area contributed by atoms with Gasteiger partial charge in [0.2, 0.25) is 5.91 Å². The second-order valence-electron chi connectivity index (χ2n) is 5.66. The number of likely N-dealkylation sites (tertiary alicyclic amines) is 1. The number of amides is 2. The maximum atomic E-state index is 14.1. The van der Waals surface area contributed by atoms with E-state index in [2.05, 4.69) is 5.32 Å². The first-order valence-electron chi connectivity index (χ1n) is 6.93. The molecule has 1 heterocycles. The molecule has 0 aromatic heterocycles. The molecule has 2 aliphatic rings. The SMILES string of the molecule is CNC(=O)C1CCCN(C(=O)C(F)(F)C2(O)CCC2)C1. The van der Waals surface area contributed by atoms with Crippen LogP contribution in [0.25, 0.3) is 0 Å². The van der Waals surface area contributed by atoms with Crippen LogP contribution in [0.15, 0.2) is 0 Å². The number of nitrogens with one attached hydrogen (secondary N) is 1. The lowest BCUT2D eigenvalue weighted by atomic mass is 9.74. The third kappa shape index (κ3) is 2.39. The molecule has 1 unspecified atom stereocenters. The first-order valence-corrected chi connectivity index (χ1v) is 6.93. The second-order valence-corrected chi connectivity index (χ2v) is 5.66. The van der Waals surface area contributed by atoms with Crippen molar-refractivity contribution in [2.75, 3.05) is 20.1 Å². The van der Waals surface area contributed by atoms with Crippen molar-refractivity contribution < 1.29 is 23.5 Å². The van der Waals surface area contributed by atoms with Crippen molar-refractivity contribution in [3.8, 4) is 0 Å². The number of carbonyl (C=O) groups excluding carboxylic acids is 2. The molecule has 2 amide bonds. The lowest BCUT2D eigenvalue weighted by molar-refractivity contribution is -0.224. The molecule has 1 saturated carbocycles. The molecule has 2 fully saturated rings. The van der Waals surface area contributed by atoms with Gasteiger partial charge in [-0.3, -0.25) is 9.59 Å². The molecule has 1 atom stereocenters. The van der Waals surface area contributed by atoms with E-state index in [4.69, 9.17) is 0 Å². The van der Waals surface area contributed by atoms with Gasteiger partial charge in [-0.25, -0.2) is 0 Å². The molecule has 0 spiro atoms. The molecule has 114 valence electrons. The summed E-state index contributed by atoms with van der Waals surface area (Å²) in [6, 6.07) is 0. The van der Waals surface area contributed by atoms with Gasteiger partial charge in [0.25, 0.3) is 5.91 Å². The number of rotatable bonds is 3. The molecular weight excluding hydrogens is 270 g/mol. The van der Waals surface area contributed by atoms with Gasteiger partial charge in [0.05, 0.1) is 5.92 Å². The van der Waals surface area contributed by atoms with E-state index in [0.29, 0.717) is 19.3 Å². The van der Waals surface area contributed by atoms with Crippen LogP contribution in [0.3, 0.4) is 0 Å². The number of nitrogens with zero attached hydrogens (tertiary/aromatic N) is 1. The Morgan fingerprint density at radius 2 is 2.00 bits per heavy atom. The molecule has 1 aliphatic heterocycles. The van der Waals surface area contributed by atoms with E-state index < -0.39 is 23.3 Å². The molecular formula is C13H20F2N2O3. The summed E-state index contributed by atoms with van der Waals surface area (Å²) in [5.41, 5.74) is -2.20. The van der Waals surface area contributed by atoms with Crippen LogP contribution in [-0.4, -0.2) is 53.5 Å². The van der Waals surface area contributed by atoms with E-state index in [9.17, 15) is 23.5 Å². The second kappa shape index (κ2) is 5.27. The average molecular weight is 290 g/mol. The fraction of sp³-hybridized carbons (Fsp3) is 0.846. The van der Waals surface area contributed by atoms with Crippen LogP contribution in [-0.2, 0) is 9.59 Å². The van der Waals surface area contributed by atoms with Crippen LogP contribution < -0.4 is 5.32 Å². The molecule has 20 heavy (non-hydrogen) atoms. The van der Waals surface area contributed by atoms with Gasteiger partial charge >= 0.3 is 5.92 Å². The van der Waals surface area contributed by atoms with Gasteiger partial charge in [-0.05, 0) is 32.1 Å². The van der Waals surface area contributed by atoms with Gasteiger partial charge in [-0.2, -0.15) is 8.78 Å². The first-order chi connectivity index (χ1) is 9.32. The molecule has 2 rings (SSSR count). The summed E-state index contributed by atoms with van der Waals surface area (Å²) in [4.78, 5) is 24.6. The van der Waals surface area contributed by atoms with E-state index in [0.717, 1.165) is 4.90 Å². The van der Waals surface area contributed by atoms with Crippen molar-refractivity contribution in [1.29, 1.82) is 0 Å². The fourth-order valence-electron chi connectivity index (χ4n) is 2.80. The van der Waals surface area contributed by atoms with Gasteiger partial charge in [-0.15, -0.1) is 0 Å². The Labute approximate surface area is 116 Å². The van der Waals surface area contributed by atoms with Gasteiger partial charge < -0.3 is 15.3 Å². The minimum Gasteiger partial charge on any atom is -0.383 e. The summed E-state index contributed by atoms with van der Waals surface area (Å²) in [5.74, 6) is -5.82. The number of carbonyl (C=O) groups is 2. The smallest absolute Gasteiger partial charge is 0.352 e. The molecule has 5 nitrogen and oxygen atoms in total. The molecule has 0 aromatic carbocycles. The topological polar surface area (TPSA) is 69.6 Å². The summed E-state index contributed by atoms with van der Waals surface area (Å²) in [6.45, 7) is 0.197. The van der Waals surface area contributed by atoms with Gasteiger partial charge in [0, 0.05) is 20.1 Å². The average Bonchev–Trinajstić information content (AvgIpc) is 2.42. The Hall–Kier alpha value is -1.24. The Morgan fingerprint density at radius 1 is 1.35 bits per heavy atom. The van der Waals surface area contributed by atoms with Crippen molar-refractivity contribution in [2.24, 2.45) is 5.92 Å². The van der Waals surface area contributed by atoms with Crippen molar-refractivity contribution in [1.82, 2.24) is 10.2 Å². The molecule has 1 aliphatic carbocycles. The highest BCUT2D eigenvalue weighted by molar-refractivity contribution is 5.86. The van der Waals surface area contributed by atoms with E-state index in [1.807, 2.05) is 0 Å². The zero-order chi connectivity index (χ0) is 15.0. The van der Waals surface area contributed by atoms with Crippen molar-refractivity contribution in [2.45, 2.75) is 43.6 Å². The number of aliphatic hydroxyl groups is 1. The van der Waals surface area contributed by atoms with E-state index in [-0.39, 0.29) is 31.8 Å². The van der Waals surface area contributed by atoms with Crippen LogP contribution in [0, 0.1) is 5.92 Å². The summed E-state index contributed by atoms with van der Waals surface area (Å²) >= 11 is 0. The molecule has 0 bridgehead atoms. The number of halogens is 2. The minimum atomic E-state index is -3.77. The zero-order valence-electron chi connectivity index (χ0n) is 11.5. The van der Waals surface area contributed by atoms with Crippen LogP contribution in [0.2, 0.25) is 0 Å². The zero-order valence-corrected chi connectivity index (χ0v) is 11.5. The summed E-state index contributed by atoms with van der Waals surface area (Å²) < 4.78 is 28.2. The highest BCUT2D eigenvalue weighted by atomic mass is 19.3. The summed E-state index contributed by atoms with van der Waals surface area (Å²) in [5, 5.41) is 12.3. The van der Waals surface area contributed by atoms with Crippen LogP contribution in [0.5, 0.6) is 0 Å². The Bertz CT molecular complexity index is 410. The van der Waals surface area contributed by atoms with Crippen LogP contribution in [0.4, 0.5) is 8.78 Å². The molecule has 0 radical (unpaired) electrons. The van der Waals surface area contributed by atoms with Crippen molar-refractivity contribution >= 4 is 11.8 Å². The lowest BCUT2D eigenvalue weighted by Crippen LogP contribution is -2.62. The van der Waals surface area contributed by atoms with E-state index in [1.54, 1.807) is 0 Å². The van der Waals surface area contributed by atoms with Crippen molar-refractivity contribution in [3.63, 3.8) is 0 Å². The maximum Gasteiger partial charge on any atom is 0.352 e. The van der Waals surface area contributed by atoms with E-state index in [1.165, 1.54) is 7.05 Å². The van der Waals surface area contributed by atoms with Gasteiger partial charge in [0.1, 0.15) is 5.60 Å². The number of alkyl halides is 2. The molecule has 0 aromatic rings. The van der Waals surface area contributed by atoms with Crippen LogP contribution in [0.1, 0.15) is 32.1 Å².